The van der Waals surface area contributed by atoms with E-state index in [1.165, 1.54) is 0 Å². The summed E-state index contributed by atoms with van der Waals surface area (Å²) in [5.74, 6) is 0.0796. The standard InChI is InChI=1S/C14H24N4O/c1-10-9-13(18(4)16-10)14(19)17(3)12-7-5-11(15-2)6-8-12/h9,11-12,15H,5-8H2,1-4H3. The molecule has 5 nitrogen and oxygen atoms in total. The van der Waals surface area contributed by atoms with E-state index in [9.17, 15) is 4.79 Å². The van der Waals surface area contributed by atoms with E-state index < -0.39 is 0 Å². The predicted octanol–water partition coefficient (Wildman–Crippen LogP) is 1.33. The van der Waals surface area contributed by atoms with E-state index in [0.29, 0.717) is 17.8 Å². The van der Waals surface area contributed by atoms with Crippen molar-refractivity contribution in [2.75, 3.05) is 14.1 Å². The van der Waals surface area contributed by atoms with Gasteiger partial charge >= 0.3 is 0 Å². The molecule has 106 valence electrons. The van der Waals surface area contributed by atoms with Crippen molar-refractivity contribution in [3.63, 3.8) is 0 Å². The third kappa shape index (κ3) is 2.97. The Morgan fingerprint density at radius 1 is 1.42 bits per heavy atom. The molecule has 0 aliphatic heterocycles. The Labute approximate surface area is 115 Å². The van der Waals surface area contributed by atoms with Gasteiger partial charge in [0.15, 0.2) is 0 Å². The minimum absolute atomic E-state index is 0.0796. The molecule has 1 heterocycles. The molecule has 0 bridgehead atoms. The predicted molar refractivity (Wildman–Crippen MR) is 75.1 cm³/mol. The molecule has 2 rings (SSSR count). The maximum atomic E-state index is 12.5. The fraction of sp³-hybridized carbons (Fsp3) is 0.714. The first-order valence-electron chi connectivity index (χ1n) is 6.98. The fourth-order valence-corrected chi connectivity index (χ4v) is 2.91. The summed E-state index contributed by atoms with van der Waals surface area (Å²) in [7, 11) is 5.75. The topological polar surface area (TPSA) is 50.2 Å². The zero-order chi connectivity index (χ0) is 14.0. The minimum Gasteiger partial charge on any atom is -0.337 e. The largest absolute Gasteiger partial charge is 0.337 e. The number of hydrogen-bond donors (Lipinski definition) is 1. The lowest BCUT2D eigenvalue weighted by Gasteiger charge is -2.34. The third-order valence-electron chi connectivity index (χ3n) is 4.19. The Morgan fingerprint density at radius 3 is 2.53 bits per heavy atom. The number of rotatable bonds is 3. The summed E-state index contributed by atoms with van der Waals surface area (Å²) in [5.41, 5.74) is 1.56. The van der Waals surface area contributed by atoms with Crippen molar-refractivity contribution in [3.8, 4) is 0 Å². The molecule has 19 heavy (non-hydrogen) atoms. The average Bonchev–Trinajstić information content (AvgIpc) is 2.76. The van der Waals surface area contributed by atoms with E-state index in [1.807, 2.05) is 39.0 Å². The van der Waals surface area contributed by atoms with E-state index in [4.69, 9.17) is 0 Å². The Morgan fingerprint density at radius 2 is 2.05 bits per heavy atom. The highest BCUT2D eigenvalue weighted by atomic mass is 16.2. The number of nitrogens with zero attached hydrogens (tertiary/aromatic N) is 3. The molecule has 5 heteroatoms. The zero-order valence-electron chi connectivity index (χ0n) is 12.3. The highest BCUT2D eigenvalue weighted by molar-refractivity contribution is 5.92. The highest BCUT2D eigenvalue weighted by Gasteiger charge is 2.27. The molecule has 1 aromatic heterocycles. The number of carbonyl (C=O) groups excluding carboxylic acids is 1. The maximum absolute atomic E-state index is 12.5. The number of aryl methyl sites for hydroxylation is 2. The lowest BCUT2D eigenvalue weighted by atomic mass is 9.90. The number of amides is 1. The molecule has 0 saturated heterocycles. The first-order valence-corrected chi connectivity index (χ1v) is 6.98. The van der Waals surface area contributed by atoms with Crippen molar-refractivity contribution in [2.24, 2.45) is 7.05 Å². The summed E-state index contributed by atoms with van der Waals surface area (Å²) in [4.78, 5) is 14.4. The lowest BCUT2D eigenvalue weighted by Crippen LogP contribution is -2.43. The number of carbonyl (C=O) groups is 1. The van der Waals surface area contributed by atoms with Crippen molar-refractivity contribution < 1.29 is 4.79 Å². The van der Waals surface area contributed by atoms with Crippen LogP contribution in [0.1, 0.15) is 41.9 Å². The Hall–Kier alpha value is -1.36. The van der Waals surface area contributed by atoms with Crippen LogP contribution in [0.5, 0.6) is 0 Å². The quantitative estimate of drug-likeness (QED) is 0.896. The third-order valence-corrected chi connectivity index (χ3v) is 4.19. The second kappa shape index (κ2) is 5.74. The SMILES string of the molecule is CNC1CCC(N(C)C(=O)c2cc(C)nn2C)CC1. The average molecular weight is 264 g/mol. The van der Waals surface area contributed by atoms with Crippen molar-refractivity contribution in [3.05, 3.63) is 17.5 Å². The number of hydrogen-bond acceptors (Lipinski definition) is 3. The molecule has 0 spiro atoms. The van der Waals surface area contributed by atoms with Gasteiger partial charge < -0.3 is 10.2 Å². The molecule has 0 aromatic carbocycles. The molecule has 1 aliphatic carbocycles. The van der Waals surface area contributed by atoms with Crippen molar-refractivity contribution in [1.29, 1.82) is 0 Å². The van der Waals surface area contributed by atoms with Gasteiger partial charge in [0.1, 0.15) is 5.69 Å². The van der Waals surface area contributed by atoms with E-state index in [-0.39, 0.29) is 5.91 Å². The van der Waals surface area contributed by atoms with Crippen molar-refractivity contribution in [2.45, 2.75) is 44.7 Å². The van der Waals surface area contributed by atoms with Crippen LogP contribution in [0.4, 0.5) is 0 Å². The Kier molecular flexibility index (Phi) is 4.24. The van der Waals surface area contributed by atoms with Gasteiger partial charge in [-0.05, 0) is 45.7 Å². The van der Waals surface area contributed by atoms with Crippen LogP contribution in [0.2, 0.25) is 0 Å². The fourth-order valence-electron chi connectivity index (χ4n) is 2.91. The van der Waals surface area contributed by atoms with Gasteiger partial charge in [-0.15, -0.1) is 0 Å². The highest BCUT2D eigenvalue weighted by Crippen LogP contribution is 2.23. The first kappa shape index (κ1) is 14.1. The second-order valence-electron chi connectivity index (χ2n) is 5.50. The van der Waals surface area contributed by atoms with Crippen molar-refractivity contribution in [1.82, 2.24) is 20.0 Å². The van der Waals surface area contributed by atoms with Crippen molar-refractivity contribution >= 4 is 5.91 Å². The lowest BCUT2D eigenvalue weighted by molar-refractivity contribution is 0.0674. The molecule has 1 amide bonds. The monoisotopic (exact) mass is 264 g/mol. The smallest absolute Gasteiger partial charge is 0.272 e. The second-order valence-corrected chi connectivity index (χ2v) is 5.50. The molecule has 1 N–H and O–H groups in total. The van der Waals surface area contributed by atoms with Gasteiger partial charge in [-0.1, -0.05) is 0 Å². The summed E-state index contributed by atoms with van der Waals surface area (Å²) >= 11 is 0. The van der Waals surface area contributed by atoms with Gasteiger partial charge in [0.05, 0.1) is 5.69 Å². The van der Waals surface area contributed by atoms with Crippen LogP contribution >= 0.6 is 0 Å². The Bertz CT molecular complexity index is 446. The van der Waals surface area contributed by atoms with Crippen LogP contribution in [0.3, 0.4) is 0 Å². The van der Waals surface area contributed by atoms with Gasteiger partial charge in [0.2, 0.25) is 0 Å². The van der Waals surface area contributed by atoms with Crippen LogP contribution in [-0.2, 0) is 7.05 Å². The summed E-state index contributed by atoms with van der Waals surface area (Å²) in [6.45, 7) is 1.91. The summed E-state index contributed by atoms with van der Waals surface area (Å²) < 4.78 is 1.67. The van der Waals surface area contributed by atoms with Gasteiger partial charge in [-0.2, -0.15) is 5.10 Å². The van der Waals surface area contributed by atoms with Gasteiger partial charge in [-0.25, -0.2) is 0 Å². The summed E-state index contributed by atoms with van der Waals surface area (Å²) in [5, 5.41) is 7.56. The van der Waals surface area contributed by atoms with Crippen LogP contribution in [0.25, 0.3) is 0 Å². The molecule has 1 aliphatic rings. The molecule has 1 fully saturated rings. The zero-order valence-corrected chi connectivity index (χ0v) is 12.3. The molecule has 0 radical (unpaired) electrons. The van der Waals surface area contributed by atoms with E-state index in [1.54, 1.807) is 4.68 Å². The van der Waals surface area contributed by atoms with Crippen LogP contribution in [0, 0.1) is 6.92 Å². The Balaban J connectivity index is 2.02. The molecular weight excluding hydrogens is 240 g/mol. The van der Waals surface area contributed by atoms with Gasteiger partial charge in [0.25, 0.3) is 5.91 Å². The first-order chi connectivity index (χ1) is 9.02. The number of nitrogens with one attached hydrogen (secondary N) is 1. The molecule has 1 aromatic rings. The molecule has 0 unspecified atom stereocenters. The van der Waals surface area contributed by atoms with Crippen LogP contribution in [-0.4, -0.2) is 46.8 Å². The number of aromatic nitrogens is 2. The van der Waals surface area contributed by atoms with E-state index in [2.05, 4.69) is 10.4 Å². The molecular formula is C14H24N4O. The summed E-state index contributed by atoms with van der Waals surface area (Å²) in [6, 6.07) is 2.82. The van der Waals surface area contributed by atoms with Crippen LogP contribution in [0.15, 0.2) is 6.07 Å². The van der Waals surface area contributed by atoms with E-state index >= 15 is 0 Å². The minimum atomic E-state index is 0.0796. The van der Waals surface area contributed by atoms with Gasteiger partial charge in [-0.3, -0.25) is 9.48 Å². The molecule has 0 atom stereocenters. The van der Waals surface area contributed by atoms with Crippen LogP contribution < -0.4 is 5.32 Å². The summed E-state index contributed by atoms with van der Waals surface area (Å²) in [6.07, 6.45) is 4.43. The van der Waals surface area contributed by atoms with Gasteiger partial charge in [0, 0.05) is 26.2 Å². The maximum Gasteiger partial charge on any atom is 0.272 e. The normalized spacial score (nSPS) is 23.4. The van der Waals surface area contributed by atoms with E-state index in [0.717, 1.165) is 31.4 Å². The molecule has 1 saturated carbocycles.